The zero-order chi connectivity index (χ0) is 14.0. The first kappa shape index (κ1) is 15.6. The van der Waals surface area contributed by atoms with Gasteiger partial charge in [0.05, 0.1) is 0 Å². The Morgan fingerprint density at radius 2 is 1.29 bits per heavy atom. The van der Waals surface area contributed by atoms with E-state index in [2.05, 4.69) is 0 Å². The van der Waals surface area contributed by atoms with Crippen LogP contribution in [0.2, 0.25) is 0 Å². The fourth-order valence-electron chi connectivity index (χ4n) is 1.14. The molecule has 0 fully saturated rings. The Bertz CT molecular complexity index is 381. The number of nitrogens with two attached hydrogens (primary N) is 1. The van der Waals surface area contributed by atoms with E-state index < -0.39 is 40.4 Å². The van der Waals surface area contributed by atoms with Crippen LogP contribution in [0.15, 0.2) is 0 Å². The highest BCUT2D eigenvalue weighted by Gasteiger charge is 2.39. The number of hydrogen-bond donors (Lipinski definition) is 1. The predicted octanol–water partition coefficient (Wildman–Crippen LogP) is 4.04. The number of hydrogen-bond acceptors (Lipinski definition) is 1. The van der Waals surface area contributed by atoms with Crippen LogP contribution in [0.1, 0.15) is 25.0 Å². The molecule has 0 aliphatic rings. The maximum absolute atomic E-state index is 12.9. The lowest BCUT2D eigenvalue weighted by atomic mass is 10.1. The molecule has 0 amide bonds. The van der Waals surface area contributed by atoms with Gasteiger partial charge in [-0.05, 0) is 6.92 Å². The lowest BCUT2D eigenvalue weighted by Gasteiger charge is -2.14. The zero-order valence-electron chi connectivity index (χ0n) is 9.35. The highest BCUT2D eigenvalue weighted by Crippen LogP contribution is 2.37. The second-order valence-corrected chi connectivity index (χ2v) is 2.85. The van der Waals surface area contributed by atoms with Crippen LogP contribution in [0.4, 0.5) is 32.0 Å². The Balaban J connectivity index is 0.00000121. The summed E-state index contributed by atoms with van der Waals surface area (Å²) in [5.41, 5.74) is 0.464. The van der Waals surface area contributed by atoms with Crippen molar-refractivity contribution in [1.29, 1.82) is 0 Å². The van der Waals surface area contributed by atoms with Crippen LogP contribution in [0.3, 0.4) is 0 Å². The molecule has 0 aliphatic heterocycles. The van der Waals surface area contributed by atoms with Crippen molar-refractivity contribution in [3.8, 4) is 0 Å². The molecule has 0 aliphatic carbocycles. The molecule has 0 spiro atoms. The van der Waals surface area contributed by atoms with Gasteiger partial charge in [-0.2, -0.15) is 13.2 Å². The first-order chi connectivity index (χ1) is 7.68. The molecule has 98 valence electrons. The first-order valence-corrected chi connectivity index (χ1v) is 4.67. The van der Waals surface area contributed by atoms with E-state index in [-0.39, 0.29) is 0 Å². The highest BCUT2D eigenvalue weighted by atomic mass is 19.4. The maximum atomic E-state index is 12.9. The molecule has 0 heterocycles. The standard InChI is InChI=1S/C8H5F6N.C2H6/c1-2-3(8(12,13)14)5(10)6(11)7(15)4(2)9;1-2/h15H2,1H3;1-2H3. The van der Waals surface area contributed by atoms with Crippen molar-refractivity contribution >= 4 is 5.69 Å². The first-order valence-electron chi connectivity index (χ1n) is 4.67. The van der Waals surface area contributed by atoms with Gasteiger partial charge < -0.3 is 5.73 Å². The van der Waals surface area contributed by atoms with E-state index in [0.717, 1.165) is 0 Å². The Hall–Kier alpha value is -1.40. The average molecular weight is 259 g/mol. The molecule has 1 rings (SSSR count). The van der Waals surface area contributed by atoms with Crippen molar-refractivity contribution in [1.82, 2.24) is 0 Å². The van der Waals surface area contributed by atoms with Crippen LogP contribution in [0, 0.1) is 24.4 Å². The van der Waals surface area contributed by atoms with Crippen molar-refractivity contribution in [2.45, 2.75) is 26.9 Å². The average Bonchev–Trinajstić information content (AvgIpc) is 2.25. The van der Waals surface area contributed by atoms with Crippen LogP contribution in [0.5, 0.6) is 0 Å². The molecule has 0 saturated heterocycles. The summed E-state index contributed by atoms with van der Waals surface area (Å²) >= 11 is 0. The summed E-state index contributed by atoms with van der Waals surface area (Å²) in [5, 5.41) is 0. The van der Waals surface area contributed by atoms with Crippen molar-refractivity contribution in [3.63, 3.8) is 0 Å². The van der Waals surface area contributed by atoms with Gasteiger partial charge in [0, 0.05) is 5.56 Å². The van der Waals surface area contributed by atoms with Crippen LogP contribution >= 0.6 is 0 Å². The molecule has 0 saturated carbocycles. The van der Waals surface area contributed by atoms with Gasteiger partial charge >= 0.3 is 6.18 Å². The molecule has 1 aromatic carbocycles. The van der Waals surface area contributed by atoms with E-state index in [4.69, 9.17) is 5.73 Å². The fourth-order valence-corrected chi connectivity index (χ4v) is 1.14. The molecular weight excluding hydrogens is 248 g/mol. The number of benzene rings is 1. The quantitative estimate of drug-likeness (QED) is 0.424. The molecule has 1 nitrogen and oxygen atoms in total. The van der Waals surface area contributed by atoms with E-state index in [0.29, 0.717) is 6.92 Å². The van der Waals surface area contributed by atoms with Crippen LogP contribution < -0.4 is 5.73 Å². The number of rotatable bonds is 0. The Kier molecular flexibility index (Phi) is 4.85. The SMILES string of the molecule is CC.Cc1c(F)c(N)c(F)c(F)c1C(F)(F)F. The second-order valence-electron chi connectivity index (χ2n) is 2.85. The Morgan fingerprint density at radius 1 is 0.882 bits per heavy atom. The van der Waals surface area contributed by atoms with E-state index in [1.165, 1.54) is 0 Å². The van der Waals surface area contributed by atoms with E-state index in [9.17, 15) is 26.3 Å². The molecule has 0 aromatic heterocycles. The summed E-state index contributed by atoms with van der Waals surface area (Å²) in [7, 11) is 0. The summed E-state index contributed by atoms with van der Waals surface area (Å²) in [4.78, 5) is 0. The number of alkyl halides is 3. The van der Waals surface area contributed by atoms with Crippen molar-refractivity contribution < 1.29 is 26.3 Å². The van der Waals surface area contributed by atoms with Gasteiger partial charge in [0.15, 0.2) is 17.5 Å². The smallest absolute Gasteiger partial charge is 0.394 e. The van der Waals surface area contributed by atoms with E-state index in [1.54, 1.807) is 0 Å². The lowest BCUT2D eigenvalue weighted by molar-refractivity contribution is -0.141. The summed E-state index contributed by atoms with van der Waals surface area (Å²) in [6, 6.07) is 0. The molecule has 0 unspecified atom stereocenters. The van der Waals surface area contributed by atoms with Gasteiger partial charge in [0.25, 0.3) is 0 Å². The summed E-state index contributed by atoms with van der Waals surface area (Å²) < 4.78 is 75.1. The van der Waals surface area contributed by atoms with Crippen LogP contribution in [-0.4, -0.2) is 0 Å². The van der Waals surface area contributed by atoms with E-state index in [1.807, 2.05) is 13.8 Å². The van der Waals surface area contributed by atoms with Crippen molar-refractivity contribution in [2.75, 3.05) is 5.73 Å². The van der Waals surface area contributed by atoms with Gasteiger partial charge in [0.1, 0.15) is 11.3 Å². The van der Waals surface area contributed by atoms with Crippen LogP contribution in [0.25, 0.3) is 0 Å². The lowest BCUT2D eigenvalue weighted by Crippen LogP contribution is -2.15. The molecule has 2 N–H and O–H groups in total. The summed E-state index contributed by atoms with van der Waals surface area (Å²) in [6.45, 7) is 4.68. The Labute approximate surface area is 94.2 Å². The highest BCUT2D eigenvalue weighted by molar-refractivity contribution is 5.49. The minimum Gasteiger partial charge on any atom is -0.394 e. The molecule has 0 atom stereocenters. The third-order valence-electron chi connectivity index (χ3n) is 1.87. The molecule has 7 heteroatoms. The topological polar surface area (TPSA) is 26.0 Å². The molecule has 0 bridgehead atoms. The largest absolute Gasteiger partial charge is 0.419 e. The monoisotopic (exact) mass is 259 g/mol. The fraction of sp³-hybridized carbons (Fsp3) is 0.400. The normalized spacial score (nSPS) is 10.9. The van der Waals surface area contributed by atoms with Gasteiger partial charge in [0.2, 0.25) is 0 Å². The molecular formula is C10H11F6N. The van der Waals surface area contributed by atoms with Gasteiger partial charge in [-0.15, -0.1) is 0 Å². The van der Waals surface area contributed by atoms with E-state index >= 15 is 0 Å². The number of anilines is 1. The molecule has 17 heavy (non-hydrogen) atoms. The van der Waals surface area contributed by atoms with Crippen molar-refractivity contribution in [2.24, 2.45) is 0 Å². The minimum absolute atomic E-state index is 0.678. The molecule has 1 aromatic rings. The summed E-state index contributed by atoms with van der Waals surface area (Å²) in [5.74, 6) is -5.80. The third-order valence-corrected chi connectivity index (χ3v) is 1.87. The zero-order valence-corrected chi connectivity index (χ0v) is 9.35. The third kappa shape index (κ3) is 2.83. The van der Waals surface area contributed by atoms with Crippen molar-refractivity contribution in [3.05, 3.63) is 28.6 Å². The van der Waals surface area contributed by atoms with Gasteiger partial charge in [-0.25, -0.2) is 13.2 Å². The van der Waals surface area contributed by atoms with Gasteiger partial charge in [-0.3, -0.25) is 0 Å². The minimum atomic E-state index is -5.16. The maximum Gasteiger partial charge on any atom is 0.419 e. The predicted molar refractivity (Wildman–Crippen MR) is 51.8 cm³/mol. The van der Waals surface area contributed by atoms with Crippen LogP contribution in [-0.2, 0) is 6.18 Å². The Morgan fingerprint density at radius 3 is 1.65 bits per heavy atom. The number of halogens is 6. The second kappa shape index (κ2) is 5.29. The summed E-state index contributed by atoms with van der Waals surface area (Å²) in [6.07, 6.45) is -5.16. The van der Waals surface area contributed by atoms with Gasteiger partial charge in [-0.1, -0.05) is 13.8 Å². The molecule has 0 radical (unpaired) electrons. The number of nitrogen functional groups attached to an aromatic ring is 1.